The lowest BCUT2D eigenvalue weighted by Crippen LogP contribution is -2.25. The van der Waals surface area contributed by atoms with Crippen molar-refractivity contribution in [3.8, 4) is 5.75 Å². The van der Waals surface area contributed by atoms with E-state index in [4.69, 9.17) is 10.5 Å². The summed E-state index contributed by atoms with van der Waals surface area (Å²) in [4.78, 5) is 0. The van der Waals surface area contributed by atoms with Crippen LogP contribution < -0.4 is 10.5 Å². The average Bonchev–Trinajstić information content (AvgIpc) is 2.65. The van der Waals surface area contributed by atoms with Crippen LogP contribution in [0.1, 0.15) is 25.7 Å². The van der Waals surface area contributed by atoms with Crippen molar-refractivity contribution >= 4 is 0 Å². The Hall–Kier alpha value is -1.09. The van der Waals surface area contributed by atoms with Crippen LogP contribution in [0.25, 0.3) is 0 Å². The maximum Gasteiger partial charge on any atom is 0.126 e. The van der Waals surface area contributed by atoms with Gasteiger partial charge in [0.15, 0.2) is 0 Å². The second-order valence-corrected chi connectivity index (χ2v) is 4.45. The van der Waals surface area contributed by atoms with Crippen LogP contribution in [0.4, 0.5) is 4.39 Å². The van der Waals surface area contributed by atoms with Gasteiger partial charge in [0.05, 0.1) is 6.61 Å². The van der Waals surface area contributed by atoms with Gasteiger partial charge in [-0.1, -0.05) is 12.5 Å². The fourth-order valence-electron chi connectivity index (χ4n) is 2.31. The lowest BCUT2D eigenvalue weighted by molar-refractivity contribution is 0.270. The molecular weight excluding hydrogens is 205 g/mol. The maximum absolute atomic E-state index is 12.9. The minimum Gasteiger partial charge on any atom is -0.493 e. The topological polar surface area (TPSA) is 35.2 Å². The zero-order valence-electron chi connectivity index (χ0n) is 9.36. The van der Waals surface area contributed by atoms with Gasteiger partial charge in [0.2, 0.25) is 0 Å². The monoisotopic (exact) mass is 223 g/mol. The third-order valence-electron chi connectivity index (χ3n) is 3.27. The van der Waals surface area contributed by atoms with Gasteiger partial charge in [-0.2, -0.15) is 0 Å². The van der Waals surface area contributed by atoms with Gasteiger partial charge >= 0.3 is 0 Å². The van der Waals surface area contributed by atoms with Crippen molar-refractivity contribution in [3.63, 3.8) is 0 Å². The van der Waals surface area contributed by atoms with Crippen LogP contribution in [0.15, 0.2) is 24.3 Å². The van der Waals surface area contributed by atoms with Crippen LogP contribution in [-0.4, -0.2) is 12.6 Å². The first-order valence-electron chi connectivity index (χ1n) is 5.89. The highest BCUT2D eigenvalue weighted by Crippen LogP contribution is 2.26. The number of benzene rings is 1. The molecule has 0 aliphatic heterocycles. The summed E-state index contributed by atoms with van der Waals surface area (Å²) in [5, 5.41) is 0. The fourth-order valence-corrected chi connectivity index (χ4v) is 2.31. The summed E-state index contributed by atoms with van der Waals surface area (Å²) in [6.45, 7) is 0.627. The first-order valence-corrected chi connectivity index (χ1v) is 5.89. The average molecular weight is 223 g/mol. The zero-order chi connectivity index (χ0) is 11.4. The number of halogens is 1. The van der Waals surface area contributed by atoms with Gasteiger partial charge in [0.1, 0.15) is 11.6 Å². The maximum atomic E-state index is 12.9. The minimum absolute atomic E-state index is 0.255. The largest absolute Gasteiger partial charge is 0.493 e. The lowest BCUT2D eigenvalue weighted by atomic mass is 10.0. The highest BCUT2D eigenvalue weighted by atomic mass is 19.1. The Morgan fingerprint density at radius 3 is 2.94 bits per heavy atom. The summed E-state index contributed by atoms with van der Waals surface area (Å²) >= 11 is 0. The van der Waals surface area contributed by atoms with E-state index in [-0.39, 0.29) is 5.82 Å². The molecule has 0 spiro atoms. The van der Waals surface area contributed by atoms with Crippen LogP contribution >= 0.6 is 0 Å². The number of nitrogens with two attached hydrogens (primary N) is 1. The molecule has 0 amide bonds. The van der Waals surface area contributed by atoms with Crippen LogP contribution in [0.2, 0.25) is 0 Å². The van der Waals surface area contributed by atoms with Gasteiger partial charge in [0.25, 0.3) is 0 Å². The van der Waals surface area contributed by atoms with E-state index in [1.54, 1.807) is 12.1 Å². The van der Waals surface area contributed by atoms with E-state index in [0.29, 0.717) is 24.3 Å². The van der Waals surface area contributed by atoms with Crippen LogP contribution in [0, 0.1) is 11.7 Å². The summed E-state index contributed by atoms with van der Waals surface area (Å²) in [6.07, 6.45) is 4.53. The molecule has 1 aliphatic carbocycles. The Kier molecular flexibility index (Phi) is 3.78. The van der Waals surface area contributed by atoms with Gasteiger partial charge in [-0.05, 0) is 37.3 Å². The number of hydrogen-bond acceptors (Lipinski definition) is 2. The summed E-state index contributed by atoms with van der Waals surface area (Å²) in [5.74, 6) is 0.926. The first-order chi connectivity index (χ1) is 7.75. The molecule has 2 rings (SSSR count). The van der Waals surface area contributed by atoms with Gasteiger partial charge in [-0.15, -0.1) is 0 Å². The molecule has 1 aromatic carbocycles. The molecular formula is C13H18FNO. The Morgan fingerprint density at radius 1 is 1.38 bits per heavy atom. The molecule has 0 bridgehead atoms. The van der Waals surface area contributed by atoms with Crippen molar-refractivity contribution < 1.29 is 9.13 Å². The van der Waals surface area contributed by atoms with Crippen molar-refractivity contribution in [2.75, 3.05) is 6.61 Å². The number of ether oxygens (including phenoxy) is 1. The van der Waals surface area contributed by atoms with E-state index in [9.17, 15) is 4.39 Å². The summed E-state index contributed by atoms with van der Waals surface area (Å²) in [7, 11) is 0. The molecule has 1 aromatic rings. The molecule has 16 heavy (non-hydrogen) atoms. The van der Waals surface area contributed by atoms with Gasteiger partial charge < -0.3 is 10.5 Å². The predicted octanol–water partition coefficient (Wildman–Crippen LogP) is 2.72. The quantitative estimate of drug-likeness (QED) is 0.851. The highest BCUT2D eigenvalue weighted by molar-refractivity contribution is 5.22. The molecule has 0 radical (unpaired) electrons. The third kappa shape index (κ3) is 2.95. The Morgan fingerprint density at radius 2 is 2.25 bits per heavy atom. The Labute approximate surface area is 95.6 Å². The third-order valence-corrected chi connectivity index (χ3v) is 3.27. The molecule has 1 fully saturated rings. The van der Waals surface area contributed by atoms with E-state index in [2.05, 4.69) is 0 Å². The van der Waals surface area contributed by atoms with Crippen LogP contribution in [0.5, 0.6) is 5.75 Å². The van der Waals surface area contributed by atoms with E-state index in [0.717, 1.165) is 12.8 Å². The zero-order valence-corrected chi connectivity index (χ0v) is 9.36. The van der Waals surface area contributed by atoms with Crippen molar-refractivity contribution in [2.45, 2.75) is 31.7 Å². The Balaban J connectivity index is 1.75. The molecule has 88 valence electrons. The van der Waals surface area contributed by atoms with E-state index >= 15 is 0 Å². The molecule has 2 N–H and O–H groups in total. The molecule has 2 nitrogen and oxygen atoms in total. The van der Waals surface area contributed by atoms with Crippen molar-refractivity contribution in [3.05, 3.63) is 30.1 Å². The van der Waals surface area contributed by atoms with E-state index in [1.807, 2.05) is 0 Å². The molecule has 0 saturated heterocycles. The van der Waals surface area contributed by atoms with Crippen LogP contribution in [0.3, 0.4) is 0 Å². The molecule has 2 atom stereocenters. The standard InChI is InChI=1S/C13H18FNO/c14-11-4-2-5-12(9-11)16-8-7-10-3-1-6-13(10)15/h2,4-5,9-10,13H,1,3,6-8,15H2. The van der Waals surface area contributed by atoms with Crippen LogP contribution in [-0.2, 0) is 0 Å². The lowest BCUT2D eigenvalue weighted by Gasteiger charge is -2.15. The summed E-state index contributed by atoms with van der Waals surface area (Å²) in [6, 6.07) is 6.59. The SMILES string of the molecule is NC1CCCC1CCOc1cccc(F)c1. The smallest absolute Gasteiger partial charge is 0.126 e. The summed E-state index contributed by atoms with van der Waals surface area (Å²) < 4.78 is 18.4. The van der Waals surface area contributed by atoms with Crippen molar-refractivity contribution in [2.24, 2.45) is 11.7 Å². The minimum atomic E-state index is -0.255. The van der Waals surface area contributed by atoms with Gasteiger partial charge in [-0.3, -0.25) is 0 Å². The fraction of sp³-hybridized carbons (Fsp3) is 0.538. The Bertz CT molecular complexity index is 342. The van der Waals surface area contributed by atoms with Gasteiger partial charge in [-0.25, -0.2) is 4.39 Å². The van der Waals surface area contributed by atoms with Gasteiger partial charge in [0, 0.05) is 12.1 Å². The van der Waals surface area contributed by atoms with Crippen molar-refractivity contribution in [1.29, 1.82) is 0 Å². The molecule has 1 aliphatic rings. The molecule has 0 aromatic heterocycles. The highest BCUT2D eigenvalue weighted by Gasteiger charge is 2.23. The van der Waals surface area contributed by atoms with E-state index in [1.165, 1.54) is 25.0 Å². The normalized spacial score (nSPS) is 24.6. The molecule has 0 heterocycles. The molecule has 3 heteroatoms. The molecule has 1 saturated carbocycles. The molecule has 2 unspecified atom stereocenters. The second kappa shape index (κ2) is 5.30. The summed E-state index contributed by atoms with van der Waals surface area (Å²) in [5.41, 5.74) is 5.97. The van der Waals surface area contributed by atoms with Crippen molar-refractivity contribution in [1.82, 2.24) is 0 Å². The van der Waals surface area contributed by atoms with E-state index < -0.39 is 0 Å². The number of rotatable bonds is 4. The first kappa shape index (κ1) is 11.4. The predicted molar refractivity (Wildman–Crippen MR) is 61.8 cm³/mol. The number of hydrogen-bond donors (Lipinski definition) is 1. The second-order valence-electron chi connectivity index (χ2n) is 4.45.